The highest BCUT2D eigenvalue weighted by molar-refractivity contribution is 5.81. The van der Waals surface area contributed by atoms with Gasteiger partial charge >= 0.3 is 5.97 Å². The maximum absolute atomic E-state index is 12.3. The van der Waals surface area contributed by atoms with Gasteiger partial charge < -0.3 is 19.5 Å². The second kappa shape index (κ2) is 9.04. The molecule has 22 heavy (non-hydrogen) atoms. The van der Waals surface area contributed by atoms with E-state index in [2.05, 4.69) is 0 Å². The highest BCUT2D eigenvalue weighted by Crippen LogP contribution is 2.23. The average molecular weight is 309 g/mol. The Balaban J connectivity index is 2.71. The number of carboxylic acids is 1. The van der Waals surface area contributed by atoms with Crippen LogP contribution in [-0.4, -0.2) is 55.8 Å². The smallest absolute Gasteiger partial charge is 0.323 e. The van der Waals surface area contributed by atoms with Crippen molar-refractivity contribution in [1.29, 1.82) is 0 Å². The molecule has 0 spiro atoms. The Morgan fingerprint density at radius 1 is 1.32 bits per heavy atom. The number of nitrogens with zero attached hydrogens (tertiary/aromatic N) is 1. The molecule has 1 rings (SSSR count). The predicted octanol–water partition coefficient (Wildman–Crippen LogP) is 1.75. The Labute approximate surface area is 130 Å². The summed E-state index contributed by atoms with van der Waals surface area (Å²) in [5.41, 5.74) is 0.981. The molecule has 6 heteroatoms. The van der Waals surface area contributed by atoms with Crippen molar-refractivity contribution in [3.8, 4) is 5.75 Å². The Hall–Kier alpha value is -2.08. The third-order valence-corrected chi connectivity index (χ3v) is 3.39. The molecule has 0 saturated heterocycles. The second-order valence-electron chi connectivity index (χ2n) is 5.08. The van der Waals surface area contributed by atoms with Crippen molar-refractivity contribution in [2.45, 2.75) is 19.3 Å². The SMILES string of the molecule is COCCN(CC(=O)O)C(=O)CC(C)c1cccc(OC)c1. The minimum Gasteiger partial charge on any atom is -0.497 e. The first kappa shape index (κ1) is 18.0. The molecule has 6 nitrogen and oxygen atoms in total. The molecule has 0 aliphatic heterocycles. The van der Waals surface area contributed by atoms with E-state index in [0.29, 0.717) is 6.61 Å². The molecule has 0 bridgehead atoms. The van der Waals surface area contributed by atoms with Crippen molar-refractivity contribution in [1.82, 2.24) is 4.90 Å². The van der Waals surface area contributed by atoms with Gasteiger partial charge in [-0.2, -0.15) is 0 Å². The van der Waals surface area contributed by atoms with Crippen LogP contribution >= 0.6 is 0 Å². The summed E-state index contributed by atoms with van der Waals surface area (Å²) < 4.78 is 10.1. The van der Waals surface area contributed by atoms with Crippen LogP contribution in [0, 0.1) is 0 Å². The average Bonchev–Trinajstić information content (AvgIpc) is 2.50. The van der Waals surface area contributed by atoms with E-state index in [1.807, 2.05) is 31.2 Å². The van der Waals surface area contributed by atoms with Crippen LogP contribution in [0.25, 0.3) is 0 Å². The monoisotopic (exact) mass is 309 g/mol. The number of hydrogen-bond acceptors (Lipinski definition) is 4. The van der Waals surface area contributed by atoms with Gasteiger partial charge in [0.15, 0.2) is 0 Å². The van der Waals surface area contributed by atoms with Gasteiger partial charge in [-0.1, -0.05) is 19.1 Å². The van der Waals surface area contributed by atoms with E-state index in [-0.39, 0.29) is 31.3 Å². The number of ether oxygens (including phenoxy) is 2. The van der Waals surface area contributed by atoms with E-state index in [0.717, 1.165) is 11.3 Å². The van der Waals surface area contributed by atoms with Gasteiger partial charge in [0.05, 0.1) is 13.7 Å². The second-order valence-corrected chi connectivity index (χ2v) is 5.08. The molecule has 1 aromatic carbocycles. The number of carbonyl (C=O) groups is 2. The van der Waals surface area contributed by atoms with Crippen LogP contribution in [0.2, 0.25) is 0 Å². The fourth-order valence-electron chi connectivity index (χ4n) is 2.11. The molecule has 0 heterocycles. The number of benzene rings is 1. The van der Waals surface area contributed by atoms with E-state index in [9.17, 15) is 9.59 Å². The van der Waals surface area contributed by atoms with Crippen LogP contribution in [0.4, 0.5) is 0 Å². The minimum absolute atomic E-state index is 0.0264. The van der Waals surface area contributed by atoms with E-state index >= 15 is 0 Å². The quantitative estimate of drug-likeness (QED) is 0.752. The van der Waals surface area contributed by atoms with Crippen molar-refractivity contribution in [2.24, 2.45) is 0 Å². The molecule has 0 fully saturated rings. The molecular weight excluding hydrogens is 286 g/mol. The lowest BCUT2D eigenvalue weighted by Crippen LogP contribution is -2.38. The Kier molecular flexibility index (Phi) is 7.39. The van der Waals surface area contributed by atoms with Crippen molar-refractivity contribution in [2.75, 3.05) is 33.9 Å². The predicted molar refractivity (Wildman–Crippen MR) is 82.1 cm³/mol. The molecular formula is C16H23NO5. The summed E-state index contributed by atoms with van der Waals surface area (Å²) >= 11 is 0. The van der Waals surface area contributed by atoms with Crippen molar-refractivity contribution >= 4 is 11.9 Å². The summed E-state index contributed by atoms with van der Waals surface area (Å²) in [5, 5.41) is 8.90. The van der Waals surface area contributed by atoms with Crippen molar-refractivity contribution in [3.63, 3.8) is 0 Å². The number of hydrogen-bond donors (Lipinski definition) is 1. The number of methoxy groups -OCH3 is 2. The minimum atomic E-state index is -1.03. The lowest BCUT2D eigenvalue weighted by Gasteiger charge is -2.22. The van der Waals surface area contributed by atoms with Crippen molar-refractivity contribution < 1.29 is 24.2 Å². The summed E-state index contributed by atoms with van der Waals surface area (Å²) in [5.74, 6) is -0.520. The fourth-order valence-corrected chi connectivity index (χ4v) is 2.11. The Morgan fingerprint density at radius 3 is 2.64 bits per heavy atom. The number of carbonyl (C=O) groups excluding carboxylic acids is 1. The van der Waals surface area contributed by atoms with Gasteiger partial charge in [-0.3, -0.25) is 9.59 Å². The maximum Gasteiger partial charge on any atom is 0.323 e. The molecule has 1 N–H and O–H groups in total. The highest BCUT2D eigenvalue weighted by atomic mass is 16.5. The van der Waals surface area contributed by atoms with Gasteiger partial charge in [-0.15, -0.1) is 0 Å². The first-order valence-corrected chi connectivity index (χ1v) is 7.10. The molecule has 0 aliphatic rings. The van der Waals surface area contributed by atoms with Crippen LogP contribution in [0.5, 0.6) is 5.75 Å². The number of carboxylic acid groups (broad SMARTS) is 1. The fraction of sp³-hybridized carbons (Fsp3) is 0.500. The molecule has 1 unspecified atom stereocenters. The maximum atomic E-state index is 12.3. The summed E-state index contributed by atoms with van der Waals surface area (Å²) in [7, 11) is 3.11. The van der Waals surface area contributed by atoms with Crippen molar-refractivity contribution in [3.05, 3.63) is 29.8 Å². The number of aliphatic carboxylic acids is 1. The Bertz CT molecular complexity index is 503. The zero-order valence-corrected chi connectivity index (χ0v) is 13.2. The summed E-state index contributed by atoms with van der Waals surface area (Å²) in [6, 6.07) is 7.52. The van der Waals surface area contributed by atoms with Crippen LogP contribution in [-0.2, 0) is 14.3 Å². The molecule has 1 aromatic rings. The summed E-state index contributed by atoms with van der Waals surface area (Å²) in [6.07, 6.45) is 0.240. The zero-order valence-electron chi connectivity index (χ0n) is 13.2. The summed E-state index contributed by atoms with van der Waals surface area (Å²) in [6.45, 7) is 2.20. The van der Waals surface area contributed by atoms with Gasteiger partial charge in [0.1, 0.15) is 12.3 Å². The van der Waals surface area contributed by atoms with Gasteiger partial charge in [-0.25, -0.2) is 0 Å². The largest absolute Gasteiger partial charge is 0.497 e. The van der Waals surface area contributed by atoms with Crippen LogP contribution in [0.3, 0.4) is 0 Å². The van der Waals surface area contributed by atoms with E-state index < -0.39 is 5.97 Å². The van der Waals surface area contributed by atoms with Gasteiger partial charge in [0.2, 0.25) is 5.91 Å². The van der Waals surface area contributed by atoms with E-state index in [1.165, 1.54) is 12.0 Å². The zero-order chi connectivity index (χ0) is 16.5. The molecule has 1 amide bonds. The molecule has 0 aromatic heterocycles. The lowest BCUT2D eigenvalue weighted by atomic mass is 9.97. The third-order valence-electron chi connectivity index (χ3n) is 3.39. The van der Waals surface area contributed by atoms with Crippen LogP contribution < -0.4 is 4.74 Å². The van der Waals surface area contributed by atoms with Gasteiger partial charge in [0.25, 0.3) is 0 Å². The lowest BCUT2D eigenvalue weighted by molar-refractivity contribution is -0.145. The standard InChI is InChI=1S/C16H23NO5/c1-12(13-5-4-6-14(10-13)22-3)9-15(18)17(7-8-21-2)11-16(19)20/h4-6,10,12H,7-9,11H2,1-3H3,(H,19,20). The first-order chi connectivity index (χ1) is 10.5. The Morgan fingerprint density at radius 2 is 2.05 bits per heavy atom. The number of amides is 1. The van der Waals surface area contributed by atoms with Crippen LogP contribution in [0.1, 0.15) is 24.8 Å². The molecule has 122 valence electrons. The van der Waals surface area contributed by atoms with Crippen LogP contribution in [0.15, 0.2) is 24.3 Å². The number of rotatable bonds is 9. The molecule has 1 atom stereocenters. The topological polar surface area (TPSA) is 76.1 Å². The normalized spacial score (nSPS) is 11.8. The van der Waals surface area contributed by atoms with Gasteiger partial charge in [0, 0.05) is 20.1 Å². The van der Waals surface area contributed by atoms with Gasteiger partial charge in [-0.05, 0) is 23.6 Å². The van der Waals surface area contributed by atoms with E-state index in [4.69, 9.17) is 14.6 Å². The van der Waals surface area contributed by atoms with E-state index in [1.54, 1.807) is 7.11 Å². The molecule has 0 radical (unpaired) electrons. The summed E-state index contributed by atoms with van der Waals surface area (Å²) in [4.78, 5) is 24.5. The molecule has 0 saturated carbocycles. The first-order valence-electron chi connectivity index (χ1n) is 7.10. The molecule has 0 aliphatic carbocycles. The third kappa shape index (κ3) is 5.73. The highest BCUT2D eigenvalue weighted by Gasteiger charge is 2.20.